The lowest BCUT2D eigenvalue weighted by Crippen LogP contribution is -2.41. The summed E-state index contributed by atoms with van der Waals surface area (Å²) in [6.07, 6.45) is -1.12. The van der Waals surface area contributed by atoms with E-state index in [0.717, 1.165) is 5.56 Å². The first-order valence-corrected chi connectivity index (χ1v) is 11.0. The van der Waals surface area contributed by atoms with E-state index in [-0.39, 0.29) is 44.5 Å². The number of likely N-dealkylation sites (N-methyl/N-ethyl adjacent to an activating group) is 1. The topological polar surface area (TPSA) is 134 Å². The average Bonchev–Trinajstić information content (AvgIpc) is 3.18. The molecule has 0 saturated carbocycles. The molecular formula is C24H28FN5O5. The van der Waals surface area contributed by atoms with Crippen LogP contribution in [0.2, 0.25) is 0 Å². The van der Waals surface area contributed by atoms with Crippen LogP contribution >= 0.6 is 0 Å². The Kier molecular flexibility index (Phi) is 8.37. The SMILES string of the molecule is CNCC(=O)N(CC(N)=O)Cc1ccc(-c2ccc(N3C[C@H](CNC(C)=O)OC3=O)cc2F)cc1. The van der Waals surface area contributed by atoms with Crippen LogP contribution in [-0.2, 0) is 25.7 Å². The van der Waals surface area contributed by atoms with Crippen LogP contribution in [0.3, 0.4) is 0 Å². The molecule has 1 fully saturated rings. The Bertz CT molecular complexity index is 1110. The molecule has 0 spiro atoms. The van der Waals surface area contributed by atoms with Crippen LogP contribution in [0.4, 0.5) is 14.9 Å². The fraction of sp³-hybridized carbons (Fsp3) is 0.333. The number of cyclic esters (lactones) is 1. The second-order valence-electron chi connectivity index (χ2n) is 8.16. The first-order chi connectivity index (χ1) is 16.7. The van der Waals surface area contributed by atoms with Crippen LogP contribution in [0.15, 0.2) is 42.5 Å². The third kappa shape index (κ3) is 6.76. The van der Waals surface area contributed by atoms with Crippen molar-refractivity contribution in [3.63, 3.8) is 0 Å². The molecule has 1 saturated heterocycles. The minimum atomic E-state index is -0.614. The number of benzene rings is 2. The van der Waals surface area contributed by atoms with Crippen molar-refractivity contribution in [3.05, 3.63) is 53.8 Å². The van der Waals surface area contributed by atoms with Gasteiger partial charge in [0.25, 0.3) is 0 Å². The summed E-state index contributed by atoms with van der Waals surface area (Å²) in [5.41, 5.74) is 7.30. The molecule has 3 rings (SSSR count). The van der Waals surface area contributed by atoms with Gasteiger partial charge in [0, 0.05) is 19.0 Å². The van der Waals surface area contributed by atoms with Gasteiger partial charge in [-0.15, -0.1) is 0 Å². The molecular weight excluding hydrogens is 457 g/mol. The molecule has 0 bridgehead atoms. The van der Waals surface area contributed by atoms with Gasteiger partial charge in [0.05, 0.1) is 31.9 Å². The zero-order valence-electron chi connectivity index (χ0n) is 19.5. The van der Waals surface area contributed by atoms with Gasteiger partial charge in [0.15, 0.2) is 0 Å². The molecule has 0 radical (unpaired) electrons. The Hall–Kier alpha value is -3.99. The molecule has 11 heteroatoms. The monoisotopic (exact) mass is 485 g/mol. The normalized spacial score (nSPS) is 15.0. The number of ether oxygens (including phenoxy) is 1. The van der Waals surface area contributed by atoms with Crippen LogP contribution < -0.4 is 21.3 Å². The molecule has 4 N–H and O–H groups in total. The van der Waals surface area contributed by atoms with Crippen LogP contribution in [-0.4, -0.2) is 68.0 Å². The Morgan fingerprint density at radius 1 is 1.20 bits per heavy atom. The minimum Gasteiger partial charge on any atom is -0.442 e. The number of amides is 4. The number of nitrogens with zero attached hydrogens (tertiary/aromatic N) is 2. The summed E-state index contributed by atoms with van der Waals surface area (Å²) in [5, 5.41) is 5.35. The van der Waals surface area contributed by atoms with Crippen molar-refractivity contribution in [2.45, 2.75) is 19.6 Å². The molecule has 1 heterocycles. The molecule has 0 aliphatic carbocycles. The smallest absolute Gasteiger partial charge is 0.414 e. The summed E-state index contributed by atoms with van der Waals surface area (Å²) in [6, 6.07) is 11.4. The van der Waals surface area contributed by atoms with Crippen LogP contribution in [0.1, 0.15) is 12.5 Å². The summed E-state index contributed by atoms with van der Waals surface area (Å²) in [4.78, 5) is 49.5. The number of carbonyl (C=O) groups excluding carboxylic acids is 4. The number of nitrogens with two attached hydrogens (primary N) is 1. The lowest BCUT2D eigenvalue weighted by molar-refractivity contribution is -0.134. The Morgan fingerprint density at radius 2 is 1.91 bits per heavy atom. The van der Waals surface area contributed by atoms with E-state index in [9.17, 15) is 23.6 Å². The van der Waals surface area contributed by atoms with Crippen molar-refractivity contribution < 1.29 is 28.3 Å². The van der Waals surface area contributed by atoms with Gasteiger partial charge in [0.2, 0.25) is 17.7 Å². The molecule has 2 aromatic rings. The molecule has 1 aliphatic heterocycles. The molecule has 186 valence electrons. The minimum absolute atomic E-state index is 0.0709. The highest BCUT2D eigenvalue weighted by Gasteiger charge is 2.32. The number of anilines is 1. The van der Waals surface area contributed by atoms with Crippen molar-refractivity contribution in [1.82, 2.24) is 15.5 Å². The number of rotatable bonds is 10. The standard InChI is InChI=1S/C24H28FN5O5/c1-15(31)28-10-19-13-30(24(34)35-19)18-7-8-20(21(25)9-18)17-5-3-16(4-6-17)12-29(14-22(26)32)23(33)11-27-2/h3-9,19,27H,10-14H2,1-2H3,(H2,26,32)(H,28,31)/t19-/m0/s1. The van der Waals surface area contributed by atoms with E-state index in [0.29, 0.717) is 16.8 Å². The van der Waals surface area contributed by atoms with Crippen molar-refractivity contribution in [2.24, 2.45) is 5.73 Å². The molecule has 10 nitrogen and oxygen atoms in total. The largest absolute Gasteiger partial charge is 0.442 e. The third-order valence-corrected chi connectivity index (χ3v) is 5.38. The first-order valence-electron chi connectivity index (χ1n) is 11.0. The summed E-state index contributed by atoms with van der Waals surface area (Å²) >= 11 is 0. The van der Waals surface area contributed by atoms with Gasteiger partial charge in [-0.1, -0.05) is 24.3 Å². The summed E-state index contributed by atoms with van der Waals surface area (Å²) in [7, 11) is 1.63. The van der Waals surface area contributed by atoms with E-state index >= 15 is 0 Å². The second-order valence-corrected chi connectivity index (χ2v) is 8.16. The van der Waals surface area contributed by atoms with E-state index in [1.807, 2.05) is 0 Å². The number of halogens is 1. The Balaban J connectivity index is 1.71. The zero-order chi connectivity index (χ0) is 25.5. The fourth-order valence-corrected chi connectivity index (χ4v) is 3.70. The Labute approximate surface area is 202 Å². The summed E-state index contributed by atoms with van der Waals surface area (Å²) < 4.78 is 20.2. The fourth-order valence-electron chi connectivity index (χ4n) is 3.70. The second kappa shape index (κ2) is 11.4. The summed E-state index contributed by atoms with van der Waals surface area (Å²) in [6.45, 7) is 1.80. The molecule has 35 heavy (non-hydrogen) atoms. The molecule has 2 aromatic carbocycles. The third-order valence-electron chi connectivity index (χ3n) is 5.38. The number of primary amides is 1. The van der Waals surface area contributed by atoms with E-state index in [1.54, 1.807) is 43.4 Å². The quantitative estimate of drug-likeness (QED) is 0.460. The maximum absolute atomic E-state index is 15.0. The van der Waals surface area contributed by atoms with Gasteiger partial charge in [-0.05, 0) is 36.4 Å². The van der Waals surface area contributed by atoms with Crippen LogP contribution in [0.25, 0.3) is 11.1 Å². The van der Waals surface area contributed by atoms with Gasteiger partial charge in [-0.3, -0.25) is 19.3 Å². The van der Waals surface area contributed by atoms with Crippen LogP contribution in [0, 0.1) is 5.82 Å². The lowest BCUT2D eigenvalue weighted by Gasteiger charge is -2.21. The highest BCUT2D eigenvalue weighted by Crippen LogP contribution is 2.29. The van der Waals surface area contributed by atoms with Gasteiger partial charge in [-0.2, -0.15) is 0 Å². The summed E-state index contributed by atoms with van der Waals surface area (Å²) in [5.74, 6) is -1.63. The maximum Gasteiger partial charge on any atom is 0.414 e. The van der Waals surface area contributed by atoms with E-state index in [1.165, 1.54) is 22.8 Å². The Morgan fingerprint density at radius 3 is 2.51 bits per heavy atom. The molecule has 4 amide bonds. The highest BCUT2D eigenvalue weighted by atomic mass is 19.1. The predicted octanol–water partition coefficient (Wildman–Crippen LogP) is 0.987. The van der Waals surface area contributed by atoms with E-state index in [2.05, 4.69) is 10.6 Å². The average molecular weight is 486 g/mol. The maximum atomic E-state index is 15.0. The first kappa shape index (κ1) is 25.6. The predicted molar refractivity (Wildman–Crippen MR) is 127 cm³/mol. The van der Waals surface area contributed by atoms with Crippen molar-refractivity contribution in [2.75, 3.05) is 38.1 Å². The number of nitrogens with one attached hydrogen (secondary N) is 2. The molecule has 1 aliphatic rings. The van der Waals surface area contributed by atoms with Crippen LogP contribution in [0.5, 0.6) is 0 Å². The number of hydrogen-bond donors (Lipinski definition) is 3. The highest BCUT2D eigenvalue weighted by molar-refractivity contribution is 5.90. The zero-order valence-corrected chi connectivity index (χ0v) is 19.5. The van der Waals surface area contributed by atoms with Gasteiger partial charge in [0.1, 0.15) is 11.9 Å². The lowest BCUT2D eigenvalue weighted by atomic mass is 10.0. The molecule has 1 atom stereocenters. The van der Waals surface area contributed by atoms with Gasteiger partial charge >= 0.3 is 6.09 Å². The van der Waals surface area contributed by atoms with Gasteiger partial charge in [-0.25, -0.2) is 9.18 Å². The number of carbonyl (C=O) groups is 4. The molecule has 0 aromatic heterocycles. The van der Waals surface area contributed by atoms with Crippen molar-refractivity contribution in [1.29, 1.82) is 0 Å². The van der Waals surface area contributed by atoms with E-state index < -0.39 is 23.9 Å². The number of hydrogen-bond acceptors (Lipinski definition) is 6. The van der Waals surface area contributed by atoms with Gasteiger partial charge < -0.3 is 26.0 Å². The van der Waals surface area contributed by atoms with E-state index in [4.69, 9.17) is 10.5 Å². The van der Waals surface area contributed by atoms with Crippen molar-refractivity contribution in [3.8, 4) is 11.1 Å². The molecule has 0 unspecified atom stereocenters. The van der Waals surface area contributed by atoms with Crippen molar-refractivity contribution >= 4 is 29.5 Å².